The Labute approximate surface area is 228 Å². The molecule has 6 heteroatoms. The Balaban J connectivity index is 3.59. The van der Waals surface area contributed by atoms with Crippen LogP contribution in [0.1, 0.15) is 142 Å². The van der Waals surface area contributed by atoms with Gasteiger partial charge in [-0.15, -0.1) is 0 Å². The molecule has 0 aromatic heterocycles. The molecule has 0 aliphatic carbocycles. The predicted molar refractivity (Wildman–Crippen MR) is 156 cm³/mol. The van der Waals surface area contributed by atoms with E-state index in [0.717, 1.165) is 37.2 Å². The van der Waals surface area contributed by atoms with Crippen molar-refractivity contribution in [2.75, 3.05) is 24.7 Å². The molecular formula is C29H56O4S2. The predicted octanol–water partition coefficient (Wildman–Crippen LogP) is 8.76. The van der Waals surface area contributed by atoms with Gasteiger partial charge in [0.1, 0.15) is 0 Å². The summed E-state index contributed by atoms with van der Waals surface area (Å²) in [6.07, 6.45) is 22.7. The van der Waals surface area contributed by atoms with Crippen molar-refractivity contribution >= 4 is 37.2 Å². The monoisotopic (exact) mass is 532 g/mol. The van der Waals surface area contributed by atoms with Crippen LogP contribution in [0.4, 0.5) is 0 Å². The lowest BCUT2D eigenvalue weighted by atomic mass is 9.96. The van der Waals surface area contributed by atoms with E-state index in [9.17, 15) is 9.59 Å². The minimum Gasteiger partial charge on any atom is -0.465 e. The Morgan fingerprint density at radius 2 is 0.743 bits per heavy atom. The van der Waals surface area contributed by atoms with E-state index < -0.39 is 0 Å². The molecule has 0 fully saturated rings. The van der Waals surface area contributed by atoms with Crippen molar-refractivity contribution in [2.45, 2.75) is 142 Å². The smallest absolute Gasteiger partial charge is 0.305 e. The Bertz CT molecular complexity index is 455. The van der Waals surface area contributed by atoms with Crippen LogP contribution < -0.4 is 0 Å². The second-order valence-corrected chi connectivity index (χ2v) is 11.7. The molecule has 0 radical (unpaired) electrons. The zero-order valence-electron chi connectivity index (χ0n) is 23.0. The van der Waals surface area contributed by atoms with Crippen LogP contribution in [0.15, 0.2) is 0 Å². The Morgan fingerprint density at radius 3 is 1.03 bits per heavy atom. The summed E-state index contributed by atoms with van der Waals surface area (Å²) in [6, 6.07) is 0. The van der Waals surface area contributed by atoms with Gasteiger partial charge >= 0.3 is 11.9 Å². The van der Waals surface area contributed by atoms with Gasteiger partial charge in [0.2, 0.25) is 0 Å². The molecule has 4 nitrogen and oxygen atoms in total. The highest BCUT2D eigenvalue weighted by atomic mass is 32.1. The van der Waals surface area contributed by atoms with Gasteiger partial charge < -0.3 is 9.47 Å². The first-order chi connectivity index (χ1) is 16.9. The average Bonchev–Trinajstić information content (AvgIpc) is 2.84. The topological polar surface area (TPSA) is 52.6 Å². The molecule has 0 heterocycles. The van der Waals surface area contributed by atoms with Crippen LogP contribution in [0.3, 0.4) is 0 Å². The number of hydrogen-bond donors (Lipinski definition) is 2. The lowest BCUT2D eigenvalue weighted by Crippen LogP contribution is -2.28. The average molecular weight is 533 g/mol. The Hall–Kier alpha value is -0.360. The fraction of sp³-hybridized carbons (Fsp3) is 0.931. The lowest BCUT2D eigenvalue weighted by Gasteiger charge is -2.23. The minimum absolute atomic E-state index is 0.141. The molecule has 0 aromatic carbocycles. The summed E-state index contributed by atoms with van der Waals surface area (Å²) in [5, 5.41) is 0. The molecule has 0 saturated carbocycles. The first-order valence-corrected chi connectivity index (χ1v) is 15.7. The molecule has 0 amide bonds. The van der Waals surface area contributed by atoms with Crippen LogP contribution in [-0.4, -0.2) is 36.7 Å². The van der Waals surface area contributed by atoms with Gasteiger partial charge in [0.25, 0.3) is 0 Å². The summed E-state index contributed by atoms with van der Waals surface area (Å²) in [6.45, 7) is 4.53. The minimum atomic E-state index is -0.356. The molecule has 35 heavy (non-hydrogen) atoms. The van der Waals surface area contributed by atoms with E-state index in [-0.39, 0.29) is 17.4 Å². The summed E-state index contributed by atoms with van der Waals surface area (Å²) < 4.78 is 10.9. The van der Waals surface area contributed by atoms with Crippen molar-refractivity contribution in [2.24, 2.45) is 5.41 Å². The van der Waals surface area contributed by atoms with Crippen molar-refractivity contribution in [1.29, 1.82) is 0 Å². The third-order valence-corrected chi connectivity index (χ3v) is 6.96. The first-order valence-electron chi connectivity index (χ1n) is 14.4. The first kappa shape index (κ1) is 34.6. The van der Waals surface area contributed by atoms with Gasteiger partial charge in [0, 0.05) is 18.3 Å². The quantitative estimate of drug-likeness (QED) is 0.0664. The molecule has 0 aromatic rings. The van der Waals surface area contributed by atoms with Gasteiger partial charge in [-0.25, -0.2) is 0 Å². The summed E-state index contributed by atoms with van der Waals surface area (Å²) in [5.74, 6) is 1.71. The zero-order valence-corrected chi connectivity index (χ0v) is 24.8. The maximum atomic E-state index is 12.0. The van der Waals surface area contributed by atoms with E-state index in [1.165, 1.54) is 89.9 Å². The third kappa shape index (κ3) is 26.5. The van der Waals surface area contributed by atoms with Crippen molar-refractivity contribution in [1.82, 2.24) is 0 Å². The summed E-state index contributed by atoms with van der Waals surface area (Å²) in [7, 11) is 0. The van der Waals surface area contributed by atoms with Crippen LogP contribution in [0.5, 0.6) is 0 Å². The maximum absolute atomic E-state index is 12.0. The van der Waals surface area contributed by atoms with Gasteiger partial charge in [-0.05, 0) is 37.2 Å². The molecular weight excluding hydrogens is 476 g/mol. The van der Waals surface area contributed by atoms with Crippen LogP contribution >= 0.6 is 25.3 Å². The van der Waals surface area contributed by atoms with E-state index in [2.05, 4.69) is 25.3 Å². The van der Waals surface area contributed by atoms with Gasteiger partial charge in [0.15, 0.2) is 0 Å². The van der Waals surface area contributed by atoms with E-state index in [1.54, 1.807) is 0 Å². The second kappa shape index (κ2) is 25.3. The molecule has 0 aliphatic rings. The molecule has 0 N–H and O–H groups in total. The van der Waals surface area contributed by atoms with Crippen molar-refractivity contribution in [3.8, 4) is 0 Å². The van der Waals surface area contributed by atoms with Crippen LogP contribution in [0.2, 0.25) is 0 Å². The van der Waals surface area contributed by atoms with Gasteiger partial charge in [-0.2, -0.15) is 25.3 Å². The number of unbranched alkanes of at least 4 members (excludes halogenated alkanes) is 16. The number of carbonyl (C=O) groups excluding carboxylic acids is 2. The molecule has 0 bridgehead atoms. The van der Waals surface area contributed by atoms with Crippen LogP contribution in [-0.2, 0) is 19.1 Å². The van der Waals surface area contributed by atoms with Gasteiger partial charge in [-0.1, -0.05) is 104 Å². The number of rotatable bonds is 26. The summed E-state index contributed by atoms with van der Waals surface area (Å²) in [5.41, 5.74) is -0.356. The summed E-state index contributed by atoms with van der Waals surface area (Å²) in [4.78, 5) is 24.1. The molecule has 0 unspecified atom stereocenters. The highest BCUT2D eigenvalue weighted by Gasteiger charge is 2.22. The van der Waals surface area contributed by atoms with E-state index >= 15 is 0 Å². The SMILES string of the molecule is CC(C)(COC(=O)CCCCCCCCCCCS)COC(=O)CCCCCCCCCCCS. The van der Waals surface area contributed by atoms with E-state index in [4.69, 9.17) is 9.47 Å². The summed E-state index contributed by atoms with van der Waals surface area (Å²) >= 11 is 8.48. The highest BCUT2D eigenvalue weighted by Crippen LogP contribution is 2.18. The molecule has 0 aliphatic heterocycles. The van der Waals surface area contributed by atoms with Crippen LogP contribution in [0, 0.1) is 5.41 Å². The fourth-order valence-electron chi connectivity index (χ4n) is 3.97. The number of hydrogen-bond acceptors (Lipinski definition) is 6. The Morgan fingerprint density at radius 1 is 0.486 bits per heavy atom. The number of ether oxygens (including phenoxy) is 2. The number of thiol groups is 2. The lowest BCUT2D eigenvalue weighted by molar-refractivity contribution is -0.152. The second-order valence-electron chi connectivity index (χ2n) is 10.8. The fourth-order valence-corrected chi connectivity index (χ4v) is 4.42. The Kier molecular flexibility index (Phi) is 25.0. The van der Waals surface area contributed by atoms with Gasteiger partial charge in [-0.3, -0.25) is 9.59 Å². The zero-order chi connectivity index (χ0) is 26.0. The molecule has 208 valence electrons. The van der Waals surface area contributed by atoms with E-state index in [0.29, 0.717) is 26.1 Å². The van der Waals surface area contributed by atoms with Gasteiger partial charge in [0.05, 0.1) is 13.2 Å². The molecule has 0 rings (SSSR count). The highest BCUT2D eigenvalue weighted by molar-refractivity contribution is 7.80. The standard InChI is InChI=1S/C29H56O4S2/c1-29(2,25-32-27(30)21-17-13-9-5-3-7-11-15-19-23-34)26-33-28(31)22-18-14-10-6-4-8-12-16-20-24-35/h34-35H,3-26H2,1-2H3. The number of esters is 2. The maximum Gasteiger partial charge on any atom is 0.305 e. The van der Waals surface area contributed by atoms with Crippen molar-refractivity contribution < 1.29 is 19.1 Å². The third-order valence-electron chi connectivity index (χ3n) is 6.33. The normalized spacial score (nSPS) is 11.5. The van der Waals surface area contributed by atoms with Crippen LogP contribution in [0.25, 0.3) is 0 Å². The molecule has 0 atom stereocenters. The van der Waals surface area contributed by atoms with E-state index in [1.807, 2.05) is 13.8 Å². The largest absolute Gasteiger partial charge is 0.465 e. The van der Waals surface area contributed by atoms with Crippen molar-refractivity contribution in [3.63, 3.8) is 0 Å². The number of carbonyl (C=O) groups is 2. The van der Waals surface area contributed by atoms with Crippen molar-refractivity contribution in [3.05, 3.63) is 0 Å². The molecule has 0 spiro atoms. The molecule has 0 saturated heterocycles.